The van der Waals surface area contributed by atoms with Gasteiger partial charge in [0.2, 0.25) is 0 Å². The zero-order chi connectivity index (χ0) is 14.0. The maximum Gasteiger partial charge on any atom is 0.333 e. The Balaban J connectivity index is 4.18. The molecule has 0 bridgehead atoms. The maximum atomic E-state index is 10.8. The smallest absolute Gasteiger partial charge is 0.333 e. The highest BCUT2D eigenvalue weighted by Crippen LogP contribution is 2.06. The summed E-state index contributed by atoms with van der Waals surface area (Å²) in [5, 5.41) is 8.88. The van der Waals surface area contributed by atoms with Crippen molar-refractivity contribution in [3.8, 4) is 0 Å². The van der Waals surface area contributed by atoms with Crippen molar-refractivity contribution in [2.24, 2.45) is 5.73 Å². The number of carbonyl (C=O) groups is 1. The summed E-state index contributed by atoms with van der Waals surface area (Å²) in [6.45, 7) is 6.79. The largest absolute Gasteiger partial charge is 0.478 e. The van der Waals surface area contributed by atoms with Gasteiger partial charge >= 0.3 is 5.97 Å². The first-order valence-corrected chi connectivity index (χ1v) is 6.08. The van der Waals surface area contributed by atoms with E-state index in [4.69, 9.17) is 25.1 Å². The highest BCUT2D eigenvalue weighted by molar-refractivity contribution is 5.87. The Morgan fingerprint density at radius 1 is 1.22 bits per heavy atom. The van der Waals surface area contributed by atoms with Crippen molar-refractivity contribution in [3.05, 3.63) is 11.3 Å². The molecule has 0 amide bonds. The van der Waals surface area contributed by atoms with E-state index in [0.29, 0.717) is 19.6 Å². The molecule has 18 heavy (non-hydrogen) atoms. The molecule has 0 unspecified atom stereocenters. The van der Waals surface area contributed by atoms with Crippen molar-refractivity contribution in [2.45, 2.75) is 33.5 Å². The minimum absolute atomic E-state index is 0.0616. The first kappa shape index (κ1) is 16.9. The van der Waals surface area contributed by atoms with Crippen LogP contribution in [0.2, 0.25) is 0 Å². The van der Waals surface area contributed by atoms with Crippen LogP contribution in [0.3, 0.4) is 0 Å². The SMILES string of the molecule is CCOC(COCC(N)=C(CC)C(=O)O)OCC. The Kier molecular flexibility index (Phi) is 9.26. The second-order valence-electron chi connectivity index (χ2n) is 3.52. The first-order valence-electron chi connectivity index (χ1n) is 6.08. The van der Waals surface area contributed by atoms with Crippen molar-refractivity contribution < 1.29 is 24.1 Å². The van der Waals surface area contributed by atoms with Crippen molar-refractivity contribution in [1.29, 1.82) is 0 Å². The molecule has 0 aromatic heterocycles. The minimum atomic E-state index is -1.01. The Morgan fingerprint density at radius 3 is 2.17 bits per heavy atom. The summed E-state index contributed by atoms with van der Waals surface area (Å²) >= 11 is 0. The van der Waals surface area contributed by atoms with Gasteiger partial charge in [-0.3, -0.25) is 0 Å². The highest BCUT2D eigenvalue weighted by atomic mass is 16.7. The maximum absolute atomic E-state index is 10.8. The van der Waals surface area contributed by atoms with Gasteiger partial charge < -0.3 is 25.1 Å². The molecule has 3 N–H and O–H groups in total. The van der Waals surface area contributed by atoms with Gasteiger partial charge in [0.05, 0.1) is 18.8 Å². The van der Waals surface area contributed by atoms with Gasteiger partial charge in [-0.1, -0.05) is 6.92 Å². The number of hydrogen-bond acceptors (Lipinski definition) is 5. The van der Waals surface area contributed by atoms with Gasteiger partial charge in [-0.25, -0.2) is 4.79 Å². The standard InChI is InChI=1S/C12H23NO5/c1-4-9(12(14)15)10(13)7-16-8-11(17-5-2)18-6-3/h11H,4-8,13H2,1-3H3,(H,14,15). The number of carboxylic acid groups (broad SMARTS) is 1. The average Bonchev–Trinajstić information content (AvgIpc) is 2.30. The van der Waals surface area contributed by atoms with Crippen LogP contribution in [-0.4, -0.2) is 43.8 Å². The molecule has 0 aliphatic rings. The summed E-state index contributed by atoms with van der Waals surface area (Å²) in [4.78, 5) is 10.8. The third kappa shape index (κ3) is 6.58. The van der Waals surface area contributed by atoms with E-state index in [1.165, 1.54) is 0 Å². The zero-order valence-corrected chi connectivity index (χ0v) is 11.3. The van der Waals surface area contributed by atoms with E-state index in [2.05, 4.69) is 0 Å². The number of hydrogen-bond donors (Lipinski definition) is 2. The van der Waals surface area contributed by atoms with E-state index in [9.17, 15) is 4.79 Å². The van der Waals surface area contributed by atoms with Crippen LogP contribution >= 0.6 is 0 Å². The Hall–Kier alpha value is -1.11. The van der Waals surface area contributed by atoms with Crippen molar-refractivity contribution in [2.75, 3.05) is 26.4 Å². The lowest BCUT2D eigenvalue weighted by molar-refractivity contribution is -0.165. The lowest BCUT2D eigenvalue weighted by atomic mass is 10.1. The molecule has 0 saturated carbocycles. The van der Waals surface area contributed by atoms with Gasteiger partial charge in [0.1, 0.15) is 0 Å². The quantitative estimate of drug-likeness (QED) is 0.452. The Morgan fingerprint density at radius 2 is 1.78 bits per heavy atom. The fraction of sp³-hybridized carbons (Fsp3) is 0.750. The van der Waals surface area contributed by atoms with Gasteiger partial charge in [0, 0.05) is 18.9 Å². The number of nitrogens with two attached hydrogens (primary N) is 1. The molecular weight excluding hydrogens is 238 g/mol. The molecular formula is C12H23NO5. The molecule has 0 fully saturated rings. The first-order chi connectivity index (χ1) is 8.56. The van der Waals surface area contributed by atoms with E-state index in [1.54, 1.807) is 6.92 Å². The minimum Gasteiger partial charge on any atom is -0.478 e. The van der Waals surface area contributed by atoms with E-state index in [-0.39, 0.29) is 24.5 Å². The van der Waals surface area contributed by atoms with Crippen LogP contribution in [0.25, 0.3) is 0 Å². The number of ether oxygens (including phenoxy) is 3. The molecule has 0 spiro atoms. The fourth-order valence-electron chi connectivity index (χ4n) is 1.38. The lowest BCUT2D eigenvalue weighted by Gasteiger charge is -2.17. The molecule has 106 valence electrons. The van der Waals surface area contributed by atoms with Gasteiger partial charge in [0.25, 0.3) is 0 Å². The predicted octanol–water partition coefficient (Wildman–Crippen LogP) is 1.11. The second-order valence-corrected chi connectivity index (χ2v) is 3.52. The highest BCUT2D eigenvalue weighted by Gasteiger charge is 2.12. The summed E-state index contributed by atoms with van der Waals surface area (Å²) in [6.07, 6.45) is -0.0760. The zero-order valence-electron chi connectivity index (χ0n) is 11.3. The molecule has 0 saturated heterocycles. The monoisotopic (exact) mass is 261 g/mol. The molecule has 0 radical (unpaired) electrons. The number of aliphatic carboxylic acids is 1. The van der Waals surface area contributed by atoms with Gasteiger partial charge in [0.15, 0.2) is 6.29 Å². The average molecular weight is 261 g/mol. The van der Waals surface area contributed by atoms with E-state index in [0.717, 1.165) is 0 Å². The van der Waals surface area contributed by atoms with Crippen LogP contribution in [0, 0.1) is 0 Å². The van der Waals surface area contributed by atoms with Crippen molar-refractivity contribution >= 4 is 5.97 Å². The van der Waals surface area contributed by atoms with Crippen LogP contribution in [0.5, 0.6) is 0 Å². The van der Waals surface area contributed by atoms with Gasteiger partial charge in [-0.2, -0.15) is 0 Å². The van der Waals surface area contributed by atoms with Crippen LogP contribution < -0.4 is 5.73 Å². The van der Waals surface area contributed by atoms with Crippen LogP contribution in [-0.2, 0) is 19.0 Å². The normalized spacial score (nSPS) is 12.7. The van der Waals surface area contributed by atoms with Crippen LogP contribution in [0.4, 0.5) is 0 Å². The summed E-state index contributed by atoms with van der Waals surface area (Å²) < 4.78 is 15.9. The third-order valence-corrected chi connectivity index (χ3v) is 2.22. The molecule has 0 heterocycles. The predicted molar refractivity (Wildman–Crippen MR) is 67.0 cm³/mol. The topological polar surface area (TPSA) is 91.0 Å². The van der Waals surface area contributed by atoms with Crippen LogP contribution in [0.1, 0.15) is 27.2 Å². The lowest BCUT2D eigenvalue weighted by Crippen LogP contribution is -2.25. The van der Waals surface area contributed by atoms with E-state index < -0.39 is 12.3 Å². The van der Waals surface area contributed by atoms with E-state index in [1.807, 2.05) is 13.8 Å². The van der Waals surface area contributed by atoms with Crippen molar-refractivity contribution in [3.63, 3.8) is 0 Å². The molecule has 0 aromatic rings. The van der Waals surface area contributed by atoms with Crippen molar-refractivity contribution in [1.82, 2.24) is 0 Å². The van der Waals surface area contributed by atoms with E-state index >= 15 is 0 Å². The molecule has 0 aliphatic heterocycles. The van der Waals surface area contributed by atoms with Crippen LogP contribution in [0.15, 0.2) is 11.3 Å². The fourth-order valence-corrected chi connectivity index (χ4v) is 1.38. The molecule has 6 heteroatoms. The Bertz CT molecular complexity index is 272. The number of rotatable bonds is 10. The summed E-state index contributed by atoms with van der Waals surface area (Å²) in [6, 6.07) is 0. The number of carboxylic acids is 1. The van der Waals surface area contributed by atoms with Gasteiger partial charge in [-0.05, 0) is 20.3 Å². The van der Waals surface area contributed by atoms with Gasteiger partial charge in [-0.15, -0.1) is 0 Å². The Labute approximate surface area is 108 Å². The second kappa shape index (κ2) is 9.87. The third-order valence-electron chi connectivity index (χ3n) is 2.22. The summed E-state index contributed by atoms with van der Waals surface area (Å²) in [5.41, 5.74) is 6.07. The summed E-state index contributed by atoms with van der Waals surface area (Å²) in [7, 11) is 0. The molecule has 0 aromatic carbocycles. The molecule has 6 nitrogen and oxygen atoms in total. The molecule has 0 rings (SSSR count). The summed E-state index contributed by atoms with van der Waals surface area (Å²) in [5.74, 6) is -1.01. The molecule has 0 atom stereocenters. The molecule has 0 aliphatic carbocycles.